The molecule has 3 rings (SSSR count). The molecule has 2 aromatic carbocycles. The Labute approximate surface area is 152 Å². The third-order valence-corrected chi connectivity index (χ3v) is 4.04. The molecule has 0 fully saturated rings. The third kappa shape index (κ3) is 4.45. The highest BCUT2D eigenvalue weighted by Crippen LogP contribution is 2.35. The Morgan fingerprint density at radius 3 is 2.77 bits per heavy atom. The van der Waals surface area contributed by atoms with Crippen molar-refractivity contribution in [2.45, 2.75) is 32.9 Å². The standard InChI is InChI=1S/C20H22FNO4/c1-3-24-18-9-14-8-13(2)26-19(14)10-15(18)11-22-20(23)12-25-17-6-4-16(21)5-7-17/h4-7,9-10,13H,3,8,11-12H2,1-2H3,(H,22,23)/t13-/m0/s1. The van der Waals surface area contributed by atoms with Gasteiger partial charge in [-0.15, -0.1) is 0 Å². The van der Waals surface area contributed by atoms with Gasteiger partial charge < -0.3 is 19.5 Å². The maximum Gasteiger partial charge on any atom is 0.258 e. The van der Waals surface area contributed by atoms with Crippen molar-refractivity contribution in [2.24, 2.45) is 0 Å². The van der Waals surface area contributed by atoms with E-state index in [2.05, 4.69) is 5.32 Å². The zero-order chi connectivity index (χ0) is 18.5. The highest BCUT2D eigenvalue weighted by Gasteiger charge is 2.22. The van der Waals surface area contributed by atoms with Crippen LogP contribution in [0.25, 0.3) is 0 Å². The van der Waals surface area contributed by atoms with E-state index in [-0.39, 0.29) is 24.4 Å². The summed E-state index contributed by atoms with van der Waals surface area (Å²) in [6.45, 7) is 4.66. The smallest absolute Gasteiger partial charge is 0.258 e. The summed E-state index contributed by atoms with van der Waals surface area (Å²) in [5.41, 5.74) is 1.98. The molecule has 1 atom stereocenters. The second-order valence-corrected chi connectivity index (χ2v) is 6.15. The first-order valence-electron chi connectivity index (χ1n) is 8.65. The van der Waals surface area contributed by atoms with Crippen LogP contribution in [0.3, 0.4) is 0 Å². The van der Waals surface area contributed by atoms with Gasteiger partial charge in [0.05, 0.1) is 6.61 Å². The molecule has 1 N–H and O–H groups in total. The fourth-order valence-corrected chi connectivity index (χ4v) is 2.83. The minimum Gasteiger partial charge on any atom is -0.494 e. The van der Waals surface area contributed by atoms with E-state index in [0.29, 0.717) is 18.9 Å². The topological polar surface area (TPSA) is 56.8 Å². The Morgan fingerprint density at radius 2 is 2.04 bits per heavy atom. The molecule has 1 aliphatic rings. The lowest BCUT2D eigenvalue weighted by atomic mass is 10.1. The van der Waals surface area contributed by atoms with Gasteiger partial charge in [-0.05, 0) is 50.2 Å². The van der Waals surface area contributed by atoms with E-state index >= 15 is 0 Å². The number of hydrogen-bond acceptors (Lipinski definition) is 4. The second-order valence-electron chi connectivity index (χ2n) is 6.15. The zero-order valence-electron chi connectivity index (χ0n) is 14.9. The fourth-order valence-electron chi connectivity index (χ4n) is 2.83. The van der Waals surface area contributed by atoms with Crippen LogP contribution in [0.1, 0.15) is 25.0 Å². The van der Waals surface area contributed by atoms with Crippen LogP contribution >= 0.6 is 0 Å². The molecule has 0 saturated carbocycles. The number of nitrogens with one attached hydrogen (secondary N) is 1. The molecular formula is C20H22FNO4. The second kappa shape index (κ2) is 8.08. The average molecular weight is 359 g/mol. The maximum absolute atomic E-state index is 12.9. The molecule has 6 heteroatoms. The summed E-state index contributed by atoms with van der Waals surface area (Å²) < 4.78 is 29.7. The fraction of sp³-hybridized carbons (Fsp3) is 0.350. The predicted molar refractivity (Wildman–Crippen MR) is 95.1 cm³/mol. The van der Waals surface area contributed by atoms with Crippen molar-refractivity contribution in [1.29, 1.82) is 0 Å². The lowest BCUT2D eigenvalue weighted by molar-refractivity contribution is -0.123. The van der Waals surface area contributed by atoms with Crippen LogP contribution in [-0.2, 0) is 17.8 Å². The molecular weight excluding hydrogens is 337 g/mol. The van der Waals surface area contributed by atoms with Gasteiger partial charge in [0, 0.05) is 24.1 Å². The van der Waals surface area contributed by atoms with Gasteiger partial charge in [-0.25, -0.2) is 4.39 Å². The highest BCUT2D eigenvalue weighted by molar-refractivity contribution is 5.77. The predicted octanol–water partition coefficient (Wildman–Crippen LogP) is 3.24. The summed E-state index contributed by atoms with van der Waals surface area (Å²) in [5.74, 6) is 1.41. The number of rotatable bonds is 7. The van der Waals surface area contributed by atoms with Gasteiger partial charge in [0.2, 0.25) is 0 Å². The van der Waals surface area contributed by atoms with Gasteiger partial charge in [0.25, 0.3) is 5.91 Å². The van der Waals surface area contributed by atoms with Crippen molar-refractivity contribution in [3.8, 4) is 17.2 Å². The molecule has 0 spiro atoms. The molecule has 0 bridgehead atoms. The third-order valence-electron chi connectivity index (χ3n) is 4.04. The largest absolute Gasteiger partial charge is 0.494 e. The summed E-state index contributed by atoms with van der Waals surface area (Å²) in [7, 11) is 0. The first-order valence-corrected chi connectivity index (χ1v) is 8.65. The molecule has 138 valence electrons. The minimum atomic E-state index is -0.349. The molecule has 26 heavy (non-hydrogen) atoms. The van der Waals surface area contributed by atoms with Gasteiger partial charge in [0.1, 0.15) is 29.2 Å². The number of halogens is 1. The zero-order valence-corrected chi connectivity index (χ0v) is 14.9. The molecule has 0 radical (unpaired) electrons. The lowest BCUT2D eigenvalue weighted by Crippen LogP contribution is -2.28. The molecule has 5 nitrogen and oxygen atoms in total. The molecule has 1 aliphatic heterocycles. The summed E-state index contributed by atoms with van der Waals surface area (Å²) in [5, 5.41) is 2.81. The summed E-state index contributed by atoms with van der Waals surface area (Å²) in [4.78, 5) is 12.0. The molecule has 2 aromatic rings. The Morgan fingerprint density at radius 1 is 1.27 bits per heavy atom. The van der Waals surface area contributed by atoms with Crippen molar-refractivity contribution in [3.63, 3.8) is 0 Å². The van der Waals surface area contributed by atoms with Gasteiger partial charge in [0.15, 0.2) is 6.61 Å². The number of carbonyl (C=O) groups is 1. The Kier molecular flexibility index (Phi) is 5.61. The van der Waals surface area contributed by atoms with Crippen LogP contribution < -0.4 is 19.5 Å². The SMILES string of the molecule is CCOc1cc2c(cc1CNC(=O)COc1ccc(F)cc1)O[C@@H](C)C2. The molecule has 1 amide bonds. The Balaban J connectivity index is 1.58. The number of fused-ring (bicyclic) bond motifs is 1. The van der Waals surface area contributed by atoms with Crippen LogP contribution in [-0.4, -0.2) is 25.2 Å². The molecule has 0 aromatic heterocycles. The summed E-state index contributed by atoms with van der Waals surface area (Å²) >= 11 is 0. The van der Waals surface area contributed by atoms with E-state index < -0.39 is 0 Å². The van der Waals surface area contributed by atoms with Crippen LogP contribution in [0, 0.1) is 5.82 Å². The van der Waals surface area contributed by atoms with E-state index in [1.807, 2.05) is 26.0 Å². The van der Waals surface area contributed by atoms with Crippen molar-refractivity contribution < 1.29 is 23.4 Å². The molecule has 0 aliphatic carbocycles. The van der Waals surface area contributed by atoms with Crippen LogP contribution in [0.15, 0.2) is 36.4 Å². The van der Waals surface area contributed by atoms with Gasteiger partial charge in [-0.2, -0.15) is 0 Å². The molecule has 0 unspecified atom stereocenters. The van der Waals surface area contributed by atoms with Crippen molar-refractivity contribution in [3.05, 3.63) is 53.3 Å². The van der Waals surface area contributed by atoms with Crippen molar-refractivity contribution in [1.82, 2.24) is 5.32 Å². The lowest BCUT2D eigenvalue weighted by Gasteiger charge is -2.13. The normalized spacial score (nSPS) is 15.1. The number of hydrogen-bond donors (Lipinski definition) is 1. The van der Waals surface area contributed by atoms with Crippen LogP contribution in [0.4, 0.5) is 4.39 Å². The van der Waals surface area contributed by atoms with Gasteiger partial charge in [-0.3, -0.25) is 4.79 Å². The number of ether oxygens (including phenoxy) is 3. The number of carbonyl (C=O) groups excluding carboxylic acids is 1. The first-order chi connectivity index (χ1) is 12.5. The van der Waals surface area contributed by atoms with E-state index in [1.54, 1.807) is 0 Å². The maximum atomic E-state index is 12.9. The number of amides is 1. The summed E-state index contributed by atoms with van der Waals surface area (Å²) in [6.07, 6.45) is 1.00. The molecule has 0 saturated heterocycles. The highest BCUT2D eigenvalue weighted by atomic mass is 19.1. The first kappa shape index (κ1) is 18.0. The van der Waals surface area contributed by atoms with Gasteiger partial charge in [-0.1, -0.05) is 0 Å². The Hall–Kier alpha value is -2.76. The van der Waals surface area contributed by atoms with Gasteiger partial charge >= 0.3 is 0 Å². The van der Waals surface area contributed by atoms with E-state index in [1.165, 1.54) is 24.3 Å². The Bertz CT molecular complexity index is 776. The van der Waals surface area contributed by atoms with Crippen LogP contribution in [0.5, 0.6) is 17.2 Å². The van der Waals surface area contributed by atoms with E-state index in [0.717, 1.165) is 29.0 Å². The number of benzene rings is 2. The van der Waals surface area contributed by atoms with Crippen LogP contribution in [0.2, 0.25) is 0 Å². The molecule has 1 heterocycles. The monoisotopic (exact) mass is 359 g/mol. The quantitative estimate of drug-likeness (QED) is 0.825. The summed E-state index contributed by atoms with van der Waals surface area (Å²) in [6, 6.07) is 9.44. The van der Waals surface area contributed by atoms with E-state index in [4.69, 9.17) is 14.2 Å². The van der Waals surface area contributed by atoms with E-state index in [9.17, 15) is 9.18 Å². The van der Waals surface area contributed by atoms with Crippen molar-refractivity contribution >= 4 is 5.91 Å². The minimum absolute atomic E-state index is 0.145. The average Bonchev–Trinajstić information content (AvgIpc) is 2.98. The van der Waals surface area contributed by atoms with Crippen molar-refractivity contribution in [2.75, 3.05) is 13.2 Å².